The lowest BCUT2D eigenvalue weighted by Crippen LogP contribution is -2.34. The highest BCUT2D eigenvalue weighted by Crippen LogP contribution is 2.55. The van der Waals surface area contributed by atoms with Crippen LogP contribution in [0.15, 0.2) is 54.6 Å². The normalized spacial score (nSPS) is 18.6. The topological polar surface area (TPSA) is 21.7 Å². The van der Waals surface area contributed by atoms with Gasteiger partial charge in [0, 0.05) is 6.04 Å². The number of nitrogens with zero attached hydrogens (tertiary/aromatic N) is 1. The molecule has 3 aromatic rings. The molecule has 2 unspecified atom stereocenters. The van der Waals surface area contributed by atoms with Crippen molar-refractivity contribution in [2.24, 2.45) is 5.92 Å². The third-order valence-corrected chi connectivity index (χ3v) is 10.8. The maximum Gasteiger partial charge on any atom is 0.124 e. The highest BCUT2D eigenvalue weighted by molar-refractivity contribution is 7.73. The Labute approximate surface area is 219 Å². The van der Waals surface area contributed by atoms with Gasteiger partial charge in [0.05, 0.1) is 14.2 Å². The van der Waals surface area contributed by atoms with Crippen LogP contribution >= 0.6 is 7.92 Å². The van der Waals surface area contributed by atoms with Crippen LogP contribution < -0.4 is 20.1 Å². The van der Waals surface area contributed by atoms with E-state index in [1.165, 1.54) is 57.7 Å². The van der Waals surface area contributed by atoms with Crippen molar-refractivity contribution in [3.63, 3.8) is 0 Å². The van der Waals surface area contributed by atoms with Crippen molar-refractivity contribution in [3.8, 4) is 11.5 Å². The van der Waals surface area contributed by atoms with Crippen molar-refractivity contribution in [3.05, 3.63) is 82.4 Å². The second-order valence-corrected chi connectivity index (χ2v) is 13.0. The molecule has 0 aromatic heterocycles. The molecule has 4 heteroatoms. The Balaban J connectivity index is 1.88. The SMILES string of the molecule is COc1c(C)cc(P(c2cc(C)c(OC)c(C)c2)C2CCCC2[C@@H](c2ccccc2)N(C)C)cc1C. The minimum absolute atomic E-state index is 0.407. The summed E-state index contributed by atoms with van der Waals surface area (Å²) in [6, 6.07) is 21.1. The molecule has 3 aromatic carbocycles. The Morgan fingerprint density at radius 2 is 1.22 bits per heavy atom. The standard InChI is InChI=1S/C32H42NO2P/c1-21-17-26(18-22(2)31(21)34-7)36(27-19-23(3)32(35-8)24(4)20-27)29-16-12-15-28(29)30(33(5)6)25-13-10-9-11-14-25/h9-11,13-14,17-20,28-30H,12,15-16H2,1-8H3/t28?,29?,30-/m1/s1. The van der Waals surface area contributed by atoms with Crippen LogP contribution in [-0.4, -0.2) is 38.9 Å². The van der Waals surface area contributed by atoms with Crippen molar-refractivity contribution in [1.29, 1.82) is 0 Å². The highest BCUT2D eigenvalue weighted by atomic mass is 31.1. The van der Waals surface area contributed by atoms with E-state index in [4.69, 9.17) is 9.47 Å². The molecule has 192 valence electrons. The van der Waals surface area contributed by atoms with Crippen molar-refractivity contribution in [1.82, 2.24) is 4.90 Å². The quantitative estimate of drug-likeness (QED) is 0.314. The Morgan fingerprint density at radius 1 is 0.750 bits per heavy atom. The zero-order valence-electron chi connectivity index (χ0n) is 23.3. The Bertz CT molecular complexity index is 1080. The van der Waals surface area contributed by atoms with Gasteiger partial charge in [-0.3, -0.25) is 0 Å². The van der Waals surface area contributed by atoms with E-state index in [0.717, 1.165) is 11.5 Å². The summed E-state index contributed by atoms with van der Waals surface area (Å²) >= 11 is 0. The molecule has 1 aliphatic carbocycles. The van der Waals surface area contributed by atoms with Gasteiger partial charge in [0.2, 0.25) is 0 Å². The minimum Gasteiger partial charge on any atom is -0.496 e. The third kappa shape index (κ3) is 5.20. The molecule has 0 heterocycles. The second kappa shape index (κ2) is 11.4. The van der Waals surface area contributed by atoms with E-state index in [-0.39, 0.29) is 0 Å². The molecular formula is C32H42NO2P. The zero-order valence-corrected chi connectivity index (χ0v) is 24.2. The van der Waals surface area contributed by atoms with Crippen molar-refractivity contribution in [2.45, 2.75) is 58.7 Å². The number of benzene rings is 3. The average Bonchev–Trinajstić information content (AvgIpc) is 3.28. The first-order valence-corrected chi connectivity index (χ1v) is 14.5. The predicted octanol–water partition coefficient (Wildman–Crippen LogP) is 6.84. The molecule has 0 aliphatic heterocycles. The van der Waals surface area contributed by atoms with Crippen LogP contribution in [-0.2, 0) is 0 Å². The fraction of sp³-hybridized carbons (Fsp3) is 0.438. The smallest absolute Gasteiger partial charge is 0.124 e. The minimum atomic E-state index is -0.576. The zero-order chi connectivity index (χ0) is 26.0. The van der Waals surface area contributed by atoms with Crippen molar-refractivity contribution in [2.75, 3.05) is 28.3 Å². The summed E-state index contributed by atoms with van der Waals surface area (Å²) in [5.74, 6) is 2.61. The first kappa shape index (κ1) is 26.7. The van der Waals surface area contributed by atoms with Gasteiger partial charge in [-0.2, -0.15) is 0 Å². The van der Waals surface area contributed by atoms with E-state index in [0.29, 0.717) is 17.6 Å². The number of ether oxygens (including phenoxy) is 2. The van der Waals surface area contributed by atoms with Gasteiger partial charge in [0.1, 0.15) is 11.5 Å². The molecule has 0 radical (unpaired) electrons. The van der Waals surface area contributed by atoms with E-state index in [1.54, 1.807) is 14.2 Å². The lowest BCUT2D eigenvalue weighted by molar-refractivity contribution is 0.217. The van der Waals surface area contributed by atoms with Crippen LogP contribution in [0, 0.1) is 33.6 Å². The van der Waals surface area contributed by atoms with Gasteiger partial charge in [-0.25, -0.2) is 0 Å². The molecule has 0 spiro atoms. The van der Waals surface area contributed by atoms with Gasteiger partial charge in [-0.05, 0) is 137 Å². The number of hydrogen-bond donors (Lipinski definition) is 0. The molecule has 0 amide bonds. The Kier molecular flexibility index (Phi) is 8.43. The Morgan fingerprint density at radius 3 is 1.64 bits per heavy atom. The monoisotopic (exact) mass is 503 g/mol. The summed E-state index contributed by atoms with van der Waals surface area (Å²) in [4.78, 5) is 2.45. The van der Waals surface area contributed by atoms with Gasteiger partial charge in [0.25, 0.3) is 0 Å². The summed E-state index contributed by atoms with van der Waals surface area (Å²) in [6.07, 6.45) is 3.82. The highest BCUT2D eigenvalue weighted by Gasteiger charge is 2.41. The number of rotatable bonds is 8. The van der Waals surface area contributed by atoms with Crippen LogP contribution in [0.5, 0.6) is 11.5 Å². The number of hydrogen-bond acceptors (Lipinski definition) is 3. The molecule has 1 saturated carbocycles. The van der Waals surface area contributed by atoms with Gasteiger partial charge in [-0.15, -0.1) is 0 Å². The molecule has 0 bridgehead atoms. The summed E-state index contributed by atoms with van der Waals surface area (Å²) in [7, 11) is 7.48. The lowest BCUT2D eigenvalue weighted by atomic mass is 9.90. The van der Waals surface area contributed by atoms with E-state index in [1.807, 2.05) is 0 Å². The molecule has 0 N–H and O–H groups in total. The fourth-order valence-corrected chi connectivity index (χ4v) is 10.1. The fourth-order valence-electron chi connectivity index (χ4n) is 6.55. The predicted molar refractivity (Wildman–Crippen MR) is 155 cm³/mol. The van der Waals surface area contributed by atoms with E-state index >= 15 is 0 Å². The van der Waals surface area contributed by atoms with Crippen LogP contribution in [0.4, 0.5) is 0 Å². The molecule has 0 saturated heterocycles. The summed E-state index contributed by atoms with van der Waals surface area (Å²) in [5, 5.41) is 2.93. The van der Waals surface area contributed by atoms with Crippen LogP contribution in [0.3, 0.4) is 0 Å². The largest absolute Gasteiger partial charge is 0.496 e. The summed E-state index contributed by atoms with van der Waals surface area (Å²) < 4.78 is 11.5. The van der Waals surface area contributed by atoms with Crippen LogP contribution in [0.25, 0.3) is 0 Å². The maximum atomic E-state index is 5.74. The molecule has 4 rings (SSSR count). The number of aryl methyl sites for hydroxylation is 4. The van der Waals surface area contributed by atoms with Gasteiger partial charge in [0.15, 0.2) is 0 Å². The maximum absolute atomic E-state index is 5.74. The van der Waals surface area contributed by atoms with E-state index < -0.39 is 7.92 Å². The Hall–Kier alpha value is -2.35. The average molecular weight is 504 g/mol. The molecule has 3 atom stereocenters. The molecule has 1 aliphatic rings. The van der Waals surface area contributed by atoms with Crippen LogP contribution in [0.1, 0.15) is 53.1 Å². The lowest BCUT2D eigenvalue weighted by Gasteiger charge is -2.38. The first-order valence-electron chi connectivity index (χ1n) is 13.1. The van der Waals surface area contributed by atoms with E-state index in [2.05, 4.69) is 101 Å². The van der Waals surface area contributed by atoms with Crippen molar-refractivity contribution < 1.29 is 9.47 Å². The first-order chi connectivity index (χ1) is 17.3. The second-order valence-electron chi connectivity index (χ2n) is 10.6. The van der Waals surface area contributed by atoms with Gasteiger partial charge < -0.3 is 14.4 Å². The molecule has 3 nitrogen and oxygen atoms in total. The van der Waals surface area contributed by atoms with Gasteiger partial charge >= 0.3 is 0 Å². The summed E-state index contributed by atoms with van der Waals surface area (Å²) in [6.45, 7) is 8.75. The van der Waals surface area contributed by atoms with Crippen LogP contribution in [0.2, 0.25) is 0 Å². The number of methoxy groups -OCH3 is 2. The molecule has 1 fully saturated rings. The van der Waals surface area contributed by atoms with Gasteiger partial charge in [-0.1, -0.05) is 36.8 Å². The third-order valence-electron chi connectivity index (χ3n) is 7.82. The molecular weight excluding hydrogens is 461 g/mol. The van der Waals surface area contributed by atoms with E-state index in [9.17, 15) is 0 Å². The van der Waals surface area contributed by atoms with Crippen molar-refractivity contribution >= 4 is 18.5 Å². The molecule has 36 heavy (non-hydrogen) atoms. The summed E-state index contributed by atoms with van der Waals surface area (Å²) in [5.41, 5.74) is 6.94.